The van der Waals surface area contributed by atoms with Crippen LogP contribution in [0.5, 0.6) is 5.06 Å². The predicted molar refractivity (Wildman–Crippen MR) is 109 cm³/mol. The summed E-state index contributed by atoms with van der Waals surface area (Å²) in [5, 5.41) is 18.8. The van der Waals surface area contributed by atoms with Crippen LogP contribution in [0.15, 0.2) is 66.3 Å². The van der Waals surface area contributed by atoms with Crippen molar-refractivity contribution in [2.24, 2.45) is 0 Å². The Morgan fingerprint density at radius 3 is 2.86 bits per heavy atom. The van der Waals surface area contributed by atoms with Gasteiger partial charge in [0.2, 0.25) is 5.06 Å². The number of fused-ring (bicyclic) bond motifs is 1. The fourth-order valence-electron chi connectivity index (χ4n) is 2.86. The van der Waals surface area contributed by atoms with Crippen molar-refractivity contribution in [3.8, 4) is 5.06 Å². The molecule has 0 fully saturated rings. The molecule has 4 N–H and O–H groups in total. The van der Waals surface area contributed by atoms with Crippen LogP contribution in [0, 0.1) is 0 Å². The molecule has 0 saturated carbocycles. The number of carbonyl (C=O) groups excluding carboxylic acids is 1. The van der Waals surface area contributed by atoms with E-state index in [0.29, 0.717) is 10.8 Å². The van der Waals surface area contributed by atoms with Crippen LogP contribution >= 0.6 is 11.3 Å². The standard InChI is InChI=1S/C20H18N4O3S/c25-12-17(13-4-2-1-3-5-13)24-20(26)27-19-16(8-11-28-19)23-15-7-10-22-18-14(15)6-9-21-18/h1-11,17,25H,12H2,(H,24,26)(H2,21,22,23)/t17-/m1/s1. The molecule has 0 radical (unpaired) electrons. The van der Waals surface area contributed by atoms with Gasteiger partial charge in [-0.15, -0.1) is 11.3 Å². The summed E-state index contributed by atoms with van der Waals surface area (Å²) in [4.78, 5) is 19.7. The number of carbonyl (C=O) groups is 1. The van der Waals surface area contributed by atoms with Gasteiger partial charge in [0.25, 0.3) is 0 Å². The Bertz CT molecular complexity index is 1080. The van der Waals surface area contributed by atoms with Crippen LogP contribution in [0.25, 0.3) is 11.0 Å². The van der Waals surface area contributed by atoms with E-state index in [1.54, 1.807) is 6.20 Å². The number of pyridine rings is 1. The van der Waals surface area contributed by atoms with Gasteiger partial charge in [-0.2, -0.15) is 0 Å². The lowest BCUT2D eigenvalue weighted by molar-refractivity contribution is 0.184. The molecule has 0 aliphatic carbocycles. The second kappa shape index (κ2) is 8.12. The first-order valence-corrected chi connectivity index (χ1v) is 9.53. The minimum atomic E-state index is -0.630. The topological polar surface area (TPSA) is 99.3 Å². The Morgan fingerprint density at radius 1 is 1.18 bits per heavy atom. The van der Waals surface area contributed by atoms with E-state index in [2.05, 4.69) is 20.6 Å². The van der Waals surface area contributed by atoms with Gasteiger partial charge in [0.1, 0.15) is 5.65 Å². The number of hydrogen-bond donors (Lipinski definition) is 4. The summed E-state index contributed by atoms with van der Waals surface area (Å²) in [5.41, 5.74) is 3.11. The van der Waals surface area contributed by atoms with Gasteiger partial charge in [-0.3, -0.25) is 0 Å². The van der Waals surface area contributed by atoms with Crippen LogP contribution < -0.4 is 15.4 Å². The van der Waals surface area contributed by atoms with Gasteiger partial charge in [0, 0.05) is 17.8 Å². The summed E-state index contributed by atoms with van der Waals surface area (Å²) in [5.74, 6) is 0. The molecular formula is C20H18N4O3S. The molecule has 0 bridgehead atoms. The van der Waals surface area contributed by atoms with E-state index in [1.807, 2.05) is 60.1 Å². The molecule has 8 heteroatoms. The average Bonchev–Trinajstić information content (AvgIpc) is 3.37. The Kier molecular flexibility index (Phi) is 5.22. The van der Waals surface area contributed by atoms with Crippen molar-refractivity contribution >= 4 is 39.8 Å². The lowest BCUT2D eigenvalue weighted by Gasteiger charge is -2.16. The SMILES string of the molecule is O=C(N[C@H](CO)c1ccccc1)Oc1sccc1Nc1ccnc2[nH]ccc12. The van der Waals surface area contributed by atoms with E-state index in [4.69, 9.17) is 4.74 Å². The minimum absolute atomic E-state index is 0.225. The summed E-state index contributed by atoms with van der Waals surface area (Å²) in [6, 6.07) is 14.3. The van der Waals surface area contributed by atoms with Gasteiger partial charge in [-0.1, -0.05) is 30.3 Å². The number of ether oxygens (including phenoxy) is 1. The molecule has 3 heterocycles. The normalized spacial score (nSPS) is 11.9. The second-order valence-corrected chi connectivity index (χ2v) is 6.90. The molecule has 3 aromatic heterocycles. The Morgan fingerprint density at radius 2 is 2.04 bits per heavy atom. The molecule has 142 valence electrons. The van der Waals surface area contributed by atoms with E-state index in [-0.39, 0.29) is 6.61 Å². The molecule has 1 amide bonds. The molecular weight excluding hydrogens is 376 g/mol. The number of aliphatic hydroxyl groups excluding tert-OH is 1. The minimum Gasteiger partial charge on any atom is -0.397 e. The first-order valence-electron chi connectivity index (χ1n) is 8.65. The van der Waals surface area contributed by atoms with Crippen LogP contribution in [-0.4, -0.2) is 27.8 Å². The van der Waals surface area contributed by atoms with Crippen LogP contribution in [-0.2, 0) is 0 Å². The number of benzene rings is 1. The monoisotopic (exact) mass is 394 g/mol. The van der Waals surface area contributed by atoms with E-state index >= 15 is 0 Å². The van der Waals surface area contributed by atoms with Crippen LogP contribution in [0.3, 0.4) is 0 Å². The van der Waals surface area contributed by atoms with Crippen molar-refractivity contribution in [2.45, 2.75) is 6.04 Å². The molecule has 0 spiro atoms. The van der Waals surface area contributed by atoms with Crippen LogP contribution in [0.2, 0.25) is 0 Å². The highest BCUT2D eigenvalue weighted by molar-refractivity contribution is 7.12. The van der Waals surface area contributed by atoms with E-state index in [0.717, 1.165) is 22.3 Å². The Balaban J connectivity index is 1.47. The van der Waals surface area contributed by atoms with Gasteiger partial charge < -0.3 is 25.5 Å². The lowest BCUT2D eigenvalue weighted by atomic mass is 10.1. The highest BCUT2D eigenvalue weighted by Crippen LogP contribution is 2.35. The van der Waals surface area contributed by atoms with Crippen molar-refractivity contribution in [3.63, 3.8) is 0 Å². The fourth-order valence-corrected chi connectivity index (χ4v) is 3.56. The highest BCUT2D eigenvalue weighted by atomic mass is 32.1. The summed E-state index contributed by atoms with van der Waals surface area (Å²) in [7, 11) is 0. The number of rotatable bonds is 6. The third kappa shape index (κ3) is 3.83. The number of anilines is 2. The van der Waals surface area contributed by atoms with Gasteiger partial charge in [0.05, 0.1) is 24.0 Å². The molecule has 0 saturated heterocycles. The Hall–Kier alpha value is -3.36. The number of H-pyrrole nitrogens is 1. The summed E-state index contributed by atoms with van der Waals surface area (Å²) < 4.78 is 5.48. The smallest absolute Gasteiger partial charge is 0.397 e. The van der Waals surface area contributed by atoms with Gasteiger partial charge in [-0.05, 0) is 29.1 Å². The van der Waals surface area contributed by atoms with Crippen molar-refractivity contribution in [1.29, 1.82) is 0 Å². The molecule has 4 aromatic rings. The molecule has 0 unspecified atom stereocenters. The average molecular weight is 394 g/mol. The van der Waals surface area contributed by atoms with E-state index in [9.17, 15) is 9.90 Å². The quantitative estimate of drug-likeness (QED) is 0.393. The fraction of sp³-hybridized carbons (Fsp3) is 0.100. The van der Waals surface area contributed by atoms with Crippen molar-refractivity contribution < 1.29 is 14.6 Å². The largest absolute Gasteiger partial charge is 0.414 e. The zero-order valence-electron chi connectivity index (χ0n) is 14.8. The van der Waals surface area contributed by atoms with Gasteiger partial charge in [-0.25, -0.2) is 9.78 Å². The number of aromatic nitrogens is 2. The Labute approximate surface area is 165 Å². The van der Waals surface area contributed by atoms with Gasteiger partial charge in [0.15, 0.2) is 0 Å². The second-order valence-electron chi connectivity index (χ2n) is 6.02. The van der Waals surface area contributed by atoms with Crippen molar-refractivity contribution in [1.82, 2.24) is 15.3 Å². The zero-order chi connectivity index (χ0) is 19.3. The van der Waals surface area contributed by atoms with Crippen LogP contribution in [0.4, 0.5) is 16.2 Å². The maximum absolute atomic E-state index is 12.3. The van der Waals surface area contributed by atoms with E-state index in [1.165, 1.54) is 11.3 Å². The maximum atomic E-state index is 12.3. The summed E-state index contributed by atoms with van der Waals surface area (Å²) in [6.07, 6.45) is 2.89. The number of hydrogen-bond acceptors (Lipinski definition) is 6. The predicted octanol–water partition coefficient (Wildman–Crippen LogP) is 4.19. The number of thiophene rings is 1. The number of aliphatic hydroxyl groups is 1. The maximum Gasteiger partial charge on any atom is 0.414 e. The summed E-state index contributed by atoms with van der Waals surface area (Å²) >= 11 is 1.30. The first-order chi connectivity index (χ1) is 13.7. The zero-order valence-corrected chi connectivity index (χ0v) is 15.6. The molecule has 0 aliphatic rings. The third-order valence-corrected chi connectivity index (χ3v) is 5.01. The molecule has 4 rings (SSSR count). The summed E-state index contributed by atoms with van der Waals surface area (Å²) in [6.45, 7) is -0.225. The van der Waals surface area contributed by atoms with Crippen molar-refractivity contribution in [3.05, 3.63) is 71.9 Å². The first kappa shape index (κ1) is 18.0. The number of nitrogens with zero attached hydrogens (tertiary/aromatic N) is 1. The number of amides is 1. The molecule has 7 nitrogen and oxygen atoms in total. The molecule has 0 aliphatic heterocycles. The number of aromatic amines is 1. The highest BCUT2D eigenvalue weighted by Gasteiger charge is 2.17. The van der Waals surface area contributed by atoms with Crippen LogP contribution in [0.1, 0.15) is 11.6 Å². The van der Waals surface area contributed by atoms with Gasteiger partial charge >= 0.3 is 6.09 Å². The molecule has 28 heavy (non-hydrogen) atoms. The molecule has 1 atom stereocenters. The van der Waals surface area contributed by atoms with Crippen molar-refractivity contribution in [2.75, 3.05) is 11.9 Å². The number of nitrogens with one attached hydrogen (secondary N) is 3. The third-order valence-electron chi connectivity index (χ3n) is 4.22. The molecule has 1 aromatic carbocycles. The lowest BCUT2D eigenvalue weighted by Crippen LogP contribution is -2.33. The van der Waals surface area contributed by atoms with E-state index < -0.39 is 12.1 Å².